The van der Waals surface area contributed by atoms with Gasteiger partial charge >= 0.3 is 0 Å². The van der Waals surface area contributed by atoms with E-state index in [2.05, 4.69) is 44.3 Å². The predicted octanol–water partition coefficient (Wildman–Crippen LogP) is 4.84. The van der Waals surface area contributed by atoms with Gasteiger partial charge in [0.25, 0.3) is 0 Å². The third-order valence-electron chi connectivity index (χ3n) is 4.10. The van der Waals surface area contributed by atoms with Crippen LogP contribution < -0.4 is 5.32 Å². The van der Waals surface area contributed by atoms with Crippen molar-refractivity contribution >= 4 is 0 Å². The standard InChI is InChI=1S/C19H24FN/c1-5-11-21-19(17-10-9-16(20)12-14(17)3)18-8-6-7-13(2)15(18)4/h6-10,12,19,21H,5,11H2,1-4H3. The van der Waals surface area contributed by atoms with Crippen LogP contribution in [-0.2, 0) is 0 Å². The van der Waals surface area contributed by atoms with Crippen molar-refractivity contribution in [2.75, 3.05) is 6.54 Å². The SMILES string of the molecule is CCCNC(c1ccc(F)cc1C)c1cccc(C)c1C. The van der Waals surface area contributed by atoms with Crippen LogP contribution in [0.3, 0.4) is 0 Å². The Labute approximate surface area is 127 Å². The molecule has 0 spiro atoms. The Morgan fingerprint density at radius 1 is 1.00 bits per heavy atom. The predicted molar refractivity (Wildman–Crippen MR) is 87.2 cm³/mol. The molecular weight excluding hydrogens is 261 g/mol. The molecule has 2 aromatic carbocycles. The topological polar surface area (TPSA) is 12.0 Å². The molecule has 0 saturated heterocycles. The van der Waals surface area contributed by atoms with E-state index in [1.54, 1.807) is 12.1 Å². The van der Waals surface area contributed by atoms with Crippen LogP contribution in [0.25, 0.3) is 0 Å². The van der Waals surface area contributed by atoms with Gasteiger partial charge in [-0.1, -0.05) is 31.2 Å². The summed E-state index contributed by atoms with van der Waals surface area (Å²) < 4.78 is 13.4. The minimum Gasteiger partial charge on any atom is -0.306 e. The summed E-state index contributed by atoms with van der Waals surface area (Å²) in [5.74, 6) is -0.175. The van der Waals surface area contributed by atoms with Crippen molar-refractivity contribution in [1.82, 2.24) is 5.32 Å². The zero-order valence-corrected chi connectivity index (χ0v) is 13.3. The first-order chi connectivity index (χ1) is 10.0. The van der Waals surface area contributed by atoms with Crippen LogP contribution in [0.4, 0.5) is 4.39 Å². The lowest BCUT2D eigenvalue weighted by Gasteiger charge is -2.24. The van der Waals surface area contributed by atoms with Gasteiger partial charge in [-0.05, 0) is 73.7 Å². The molecule has 2 heteroatoms. The number of rotatable bonds is 5. The summed E-state index contributed by atoms with van der Waals surface area (Å²) >= 11 is 0. The maximum absolute atomic E-state index is 13.4. The van der Waals surface area contributed by atoms with Crippen LogP contribution in [0.5, 0.6) is 0 Å². The second-order valence-corrected chi connectivity index (χ2v) is 5.68. The lowest BCUT2D eigenvalue weighted by Crippen LogP contribution is -2.25. The lowest BCUT2D eigenvalue weighted by atomic mass is 9.90. The molecule has 0 bridgehead atoms. The molecule has 1 N–H and O–H groups in total. The molecule has 0 aromatic heterocycles. The van der Waals surface area contributed by atoms with E-state index >= 15 is 0 Å². The Morgan fingerprint density at radius 2 is 1.76 bits per heavy atom. The zero-order valence-electron chi connectivity index (χ0n) is 13.3. The van der Waals surface area contributed by atoms with Gasteiger partial charge in [0, 0.05) is 0 Å². The van der Waals surface area contributed by atoms with Crippen LogP contribution in [0.15, 0.2) is 36.4 Å². The number of aryl methyl sites for hydroxylation is 2. The number of hydrogen-bond donors (Lipinski definition) is 1. The van der Waals surface area contributed by atoms with Crippen LogP contribution in [0.2, 0.25) is 0 Å². The van der Waals surface area contributed by atoms with Crippen molar-refractivity contribution in [3.05, 3.63) is 70.0 Å². The minimum absolute atomic E-state index is 0.116. The lowest BCUT2D eigenvalue weighted by molar-refractivity contribution is 0.587. The molecule has 0 amide bonds. The van der Waals surface area contributed by atoms with Gasteiger partial charge < -0.3 is 5.32 Å². The first-order valence-electron chi connectivity index (χ1n) is 7.60. The van der Waals surface area contributed by atoms with E-state index in [0.717, 1.165) is 24.1 Å². The molecule has 0 fully saturated rings. The average molecular weight is 285 g/mol. The number of halogens is 1. The van der Waals surface area contributed by atoms with E-state index in [-0.39, 0.29) is 11.9 Å². The van der Waals surface area contributed by atoms with Gasteiger partial charge in [0.2, 0.25) is 0 Å². The third-order valence-corrected chi connectivity index (χ3v) is 4.10. The molecular formula is C19H24FN. The van der Waals surface area contributed by atoms with Gasteiger partial charge in [0.15, 0.2) is 0 Å². The highest BCUT2D eigenvalue weighted by molar-refractivity contribution is 5.43. The fraction of sp³-hybridized carbons (Fsp3) is 0.368. The van der Waals surface area contributed by atoms with Gasteiger partial charge in [-0.25, -0.2) is 4.39 Å². The van der Waals surface area contributed by atoms with Gasteiger partial charge in [-0.3, -0.25) is 0 Å². The summed E-state index contributed by atoms with van der Waals surface area (Å²) in [7, 11) is 0. The van der Waals surface area contributed by atoms with Crippen molar-refractivity contribution in [3.63, 3.8) is 0 Å². The fourth-order valence-electron chi connectivity index (χ4n) is 2.73. The van der Waals surface area contributed by atoms with Gasteiger partial charge in [-0.15, -0.1) is 0 Å². The van der Waals surface area contributed by atoms with Crippen molar-refractivity contribution in [3.8, 4) is 0 Å². The summed E-state index contributed by atoms with van der Waals surface area (Å²) in [6.07, 6.45) is 1.07. The zero-order chi connectivity index (χ0) is 15.4. The molecule has 0 aliphatic rings. The normalized spacial score (nSPS) is 12.4. The maximum Gasteiger partial charge on any atom is 0.123 e. The smallest absolute Gasteiger partial charge is 0.123 e. The van der Waals surface area contributed by atoms with Gasteiger partial charge in [-0.2, -0.15) is 0 Å². The van der Waals surface area contributed by atoms with Gasteiger partial charge in [0.05, 0.1) is 6.04 Å². The number of benzene rings is 2. The number of nitrogens with one attached hydrogen (secondary N) is 1. The molecule has 1 nitrogen and oxygen atoms in total. The first kappa shape index (κ1) is 15.7. The second kappa shape index (κ2) is 6.86. The monoisotopic (exact) mass is 285 g/mol. The molecule has 0 saturated carbocycles. The third kappa shape index (κ3) is 3.51. The summed E-state index contributed by atoms with van der Waals surface area (Å²) in [4.78, 5) is 0. The molecule has 0 heterocycles. The summed E-state index contributed by atoms with van der Waals surface area (Å²) in [5.41, 5.74) is 6.01. The van der Waals surface area contributed by atoms with E-state index in [4.69, 9.17) is 0 Å². The van der Waals surface area contributed by atoms with E-state index in [1.165, 1.54) is 16.7 Å². The van der Waals surface area contributed by atoms with Crippen LogP contribution in [0, 0.1) is 26.6 Å². The highest BCUT2D eigenvalue weighted by Crippen LogP contribution is 2.29. The van der Waals surface area contributed by atoms with Crippen molar-refractivity contribution in [1.29, 1.82) is 0 Å². The molecule has 21 heavy (non-hydrogen) atoms. The Bertz CT molecular complexity index is 619. The van der Waals surface area contributed by atoms with Crippen molar-refractivity contribution in [2.24, 2.45) is 0 Å². The molecule has 1 atom stereocenters. The van der Waals surface area contributed by atoms with Crippen molar-refractivity contribution in [2.45, 2.75) is 40.2 Å². The summed E-state index contributed by atoms with van der Waals surface area (Å²) in [5, 5.41) is 3.61. The Kier molecular flexibility index (Phi) is 5.13. The summed E-state index contributed by atoms with van der Waals surface area (Å²) in [6.45, 7) is 9.36. The quantitative estimate of drug-likeness (QED) is 0.829. The molecule has 2 rings (SSSR count). The molecule has 1 unspecified atom stereocenters. The molecule has 0 radical (unpaired) electrons. The highest BCUT2D eigenvalue weighted by Gasteiger charge is 2.18. The van der Waals surface area contributed by atoms with Crippen LogP contribution in [-0.4, -0.2) is 6.54 Å². The van der Waals surface area contributed by atoms with Gasteiger partial charge in [0.1, 0.15) is 5.82 Å². The molecule has 0 aliphatic heterocycles. The van der Waals surface area contributed by atoms with Crippen LogP contribution in [0.1, 0.15) is 47.2 Å². The second-order valence-electron chi connectivity index (χ2n) is 5.68. The number of hydrogen-bond acceptors (Lipinski definition) is 1. The average Bonchev–Trinajstić information content (AvgIpc) is 2.45. The molecule has 112 valence electrons. The van der Waals surface area contributed by atoms with E-state index in [1.807, 2.05) is 13.0 Å². The van der Waals surface area contributed by atoms with Crippen LogP contribution >= 0.6 is 0 Å². The maximum atomic E-state index is 13.4. The summed E-state index contributed by atoms with van der Waals surface area (Å²) in [6, 6.07) is 11.6. The van der Waals surface area contributed by atoms with Crippen molar-refractivity contribution < 1.29 is 4.39 Å². The Hall–Kier alpha value is -1.67. The van der Waals surface area contributed by atoms with E-state index in [0.29, 0.717) is 0 Å². The largest absolute Gasteiger partial charge is 0.306 e. The molecule has 0 aliphatic carbocycles. The fourth-order valence-corrected chi connectivity index (χ4v) is 2.73. The highest BCUT2D eigenvalue weighted by atomic mass is 19.1. The minimum atomic E-state index is -0.175. The Balaban J connectivity index is 2.49. The first-order valence-corrected chi connectivity index (χ1v) is 7.60. The molecule has 2 aromatic rings. The van der Waals surface area contributed by atoms with E-state index < -0.39 is 0 Å². The Morgan fingerprint density at radius 3 is 2.43 bits per heavy atom. The van der Waals surface area contributed by atoms with E-state index in [9.17, 15) is 4.39 Å².